The number of benzene rings is 3. The van der Waals surface area contributed by atoms with Gasteiger partial charge >= 0.3 is 0 Å². The van der Waals surface area contributed by atoms with Crippen molar-refractivity contribution in [3.8, 4) is 0 Å². The smallest absolute Gasteiger partial charge is 0.0892 e. The van der Waals surface area contributed by atoms with E-state index in [2.05, 4.69) is 81.4 Å². The summed E-state index contributed by atoms with van der Waals surface area (Å²) in [5, 5.41) is 0. The Morgan fingerprint density at radius 1 is 0.741 bits per heavy atom. The van der Waals surface area contributed by atoms with Crippen LogP contribution in [0.5, 0.6) is 0 Å². The topological polar surface area (TPSA) is 24.7 Å². The molecule has 1 aliphatic heterocycles. The summed E-state index contributed by atoms with van der Waals surface area (Å²) in [4.78, 5) is 10.1. The molecule has 27 heavy (non-hydrogen) atoms. The zero-order valence-electron chi connectivity index (χ0n) is 16.2. The molecule has 2 nitrogen and oxygen atoms in total. The predicted molar refractivity (Wildman–Crippen MR) is 115 cm³/mol. The monoisotopic (exact) mass is 352 g/mol. The molecular weight excluding hydrogens is 328 g/mol. The highest BCUT2D eigenvalue weighted by Crippen LogP contribution is 2.34. The summed E-state index contributed by atoms with van der Waals surface area (Å²) >= 11 is 0. The van der Waals surface area contributed by atoms with Crippen LogP contribution in [0.25, 0.3) is 0 Å². The molecule has 1 heterocycles. The lowest BCUT2D eigenvalue weighted by Gasteiger charge is -2.08. The Kier molecular flexibility index (Phi) is 4.72. The molecule has 0 spiro atoms. The van der Waals surface area contributed by atoms with E-state index in [0.717, 1.165) is 35.6 Å². The number of aryl methyl sites for hydroxylation is 3. The fourth-order valence-corrected chi connectivity index (χ4v) is 3.39. The van der Waals surface area contributed by atoms with Crippen LogP contribution in [-0.4, -0.2) is 11.4 Å². The molecule has 0 N–H and O–H groups in total. The minimum Gasteiger partial charge on any atom is -0.255 e. The Labute approximate surface area is 161 Å². The van der Waals surface area contributed by atoms with E-state index >= 15 is 0 Å². The van der Waals surface area contributed by atoms with Crippen LogP contribution in [0.3, 0.4) is 0 Å². The van der Waals surface area contributed by atoms with Crippen LogP contribution in [0.1, 0.15) is 34.2 Å². The normalized spacial score (nSPS) is 13.4. The van der Waals surface area contributed by atoms with Crippen LogP contribution in [0.4, 0.5) is 11.4 Å². The molecular formula is C25H24N2. The Morgan fingerprint density at radius 3 is 2.04 bits per heavy atom. The van der Waals surface area contributed by atoms with Gasteiger partial charge in [0.2, 0.25) is 0 Å². The van der Waals surface area contributed by atoms with Gasteiger partial charge in [0.15, 0.2) is 0 Å². The maximum absolute atomic E-state index is 5.04. The summed E-state index contributed by atoms with van der Waals surface area (Å²) in [5.74, 6) is 0. The van der Waals surface area contributed by atoms with Crippen molar-refractivity contribution < 1.29 is 0 Å². The highest BCUT2D eigenvalue weighted by molar-refractivity contribution is 6.15. The van der Waals surface area contributed by atoms with Gasteiger partial charge in [-0.05, 0) is 55.2 Å². The third-order valence-electron chi connectivity index (χ3n) is 5.13. The molecule has 0 radical (unpaired) electrons. The first kappa shape index (κ1) is 17.4. The van der Waals surface area contributed by atoms with Crippen molar-refractivity contribution >= 4 is 22.8 Å². The van der Waals surface area contributed by atoms with Gasteiger partial charge in [-0.3, -0.25) is 9.98 Å². The van der Waals surface area contributed by atoms with Crippen LogP contribution < -0.4 is 0 Å². The van der Waals surface area contributed by atoms with Gasteiger partial charge in [0.25, 0.3) is 0 Å². The Balaban J connectivity index is 1.79. The second kappa shape index (κ2) is 7.32. The highest BCUT2D eigenvalue weighted by Gasteiger charge is 2.16. The molecule has 2 heteroatoms. The van der Waals surface area contributed by atoms with Gasteiger partial charge in [-0.25, -0.2) is 0 Å². The average Bonchev–Trinajstić information content (AvgIpc) is 2.84. The lowest BCUT2D eigenvalue weighted by atomic mass is 9.99. The van der Waals surface area contributed by atoms with E-state index in [9.17, 15) is 0 Å². The third kappa shape index (κ3) is 3.90. The molecule has 0 aromatic heterocycles. The lowest BCUT2D eigenvalue weighted by molar-refractivity contribution is 1.25. The van der Waals surface area contributed by atoms with E-state index < -0.39 is 0 Å². The molecule has 0 fully saturated rings. The minimum atomic E-state index is 0.769. The summed E-state index contributed by atoms with van der Waals surface area (Å²) in [6.07, 6.45) is 1.61. The van der Waals surface area contributed by atoms with E-state index in [1.165, 1.54) is 27.8 Å². The molecule has 0 saturated heterocycles. The molecule has 0 amide bonds. The van der Waals surface area contributed by atoms with Crippen molar-refractivity contribution in [1.82, 2.24) is 0 Å². The molecule has 3 aromatic carbocycles. The van der Waals surface area contributed by atoms with Gasteiger partial charge in [-0.15, -0.1) is 0 Å². The summed E-state index contributed by atoms with van der Waals surface area (Å²) in [6, 6.07) is 23.5. The lowest BCUT2D eigenvalue weighted by Crippen LogP contribution is -2.11. The number of aliphatic imine (C=N–C) groups is 2. The maximum atomic E-state index is 5.04. The minimum absolute atomic E-state index is 0.769. The number of fused-ring (bicyclic) bond motifs is 1. The van der Waals surface area contributed by atoms with E-state index in [-0.39, 0.29) is 0 Å². The fourth-order valence-electron chi connectivity index (χ4n) is 3.39. The van der Waals surface area contributed by atoms with Gasteiger partial charge in [0, 0.05) is 18.6 Å². The van der Waals surface area contributed by atoms with Gasteiger partial charge in [0.1, 0.15) is 0 Å². The number of nitrogens with zero attached hydrogens (tertiary/aromatic N) is 2. The van der Waals surface area contributed by atoms with Crippen LogP contribution in [0.2, 0.25) is 0 Å². The van der Waals surface area contributed by atoms with E-state index in [0.29, 0.717) is 0 Å². The van der Waals surface area contributed by atoms with Crippen LogP contribution in [-0.2, 0) is 6.42 Å². The number of hydrogen-bond acceptors (Lipinski definition) is 2. The Morgan fingerprint density at radius 2 is 1.37 bits per heavy atom. The molecule has 1 aliphatic rings. The summed E-state index contributed by atoms with van der Waals surface area (Å²) < 4.78 is 0. The summed E-state index contributed by atoms with van der Waals surface area (Å²) in [5.41, 5.74) is 10.4. The molecule has 0 unspecified atom stereocenters. The largest absolute Gasteiger partial charge is 0.255 e. The molecule has 4 rings (SSSR count). The highest BCUT2D eigenvalue weighted by atomic mass is 14.9. The first-order valence-corrected chi connectivity index (χ1v) is 9.45. The molecule has 0 aliphatic carbocycles. The van der Waals surface area contributed by atoms with E-state index in [1.807, 2.05) is 6.07 Å². The first-order chi connectivity index (χ1) is 13.1. The van der Waals surface area contributed by atoms with Crippen molar-refractivity contribution in [3.63, 3.8) is 0 Å². The van der Waals surface area contributed by atoms with Crippen LogP contribution in [0.15, 0.2) is 76.7 Å². The summed E-state index contributed by atoms with van der Waals surface area (Å²) in [7, 11) is 0. The summed E-state index contributed by atoms with van der Waals surface area (Å²) in [6.45, 7) is 6.39. The molecule has 0 bridgehead atoms. The Bertz CT molecular complexity index is 1030. The number of rotatable bonds is 3. The van der Waals surface area contributed by atoms with Gasteiger partial charge in [-0.2, -0.15) is 0 Å². The first-order valence-electron chi connectivity index (χ1n) is 9.45. The van der Waals surface area contributed by atoms with Crippen molar-refractivity contribution in [3.05, 3.63) is 94.5 Å². The predicted octanol–water partition coefficient (Wildman–Crippen LogP) is 6.45. The van der Waals surface area contributed by atoms with Gasteiger partial charge < -0.3 is 0 Å². The van der Waals surface area contributed by atoms with Crippen LogP contribution >= 0.6 is 0 Å². The fraction of sp³-hybridized carbons (Fsp3) is 0.200. The van der Waals surface area contributed by atoms with Crippen LogP contribution in [0, 0.1) is 20.8 Å². The Hall–Kier alpha value is -3.00. The quantitative estimate of drug-likeness (QED) is 0.517. The second-order valence-corrected chi connectivity index (χ2v) is 7.37. The SMILES string of the molecule is Cc1ccc(CC2=Nc3cc(C)c(C)cc3N=C(c3ccccc3)C2)cc1. The van der Waals surface area contributed by atoms with Crippen molar-refractivity contribution in [2.24, 2.45) is 9.98 Å². The molecule has 0 saturated carbocycles. The zero-order valence-corrected chi connectivity index (χ0v) is 16.2. The van der Waals surface area contributed by atoms with Crippen molar-refractivity contribution in [2.75, 3.05) is 0 Å². The second-order valence-electron chi connectivity index (χ2n) is 7.37. The van der Waals surface area contributed by atoms with Gasteiger partial charge in [-0.1, -0.05) is 60.2 Å². The van der Waals surface area contributed by atoms with Crippen molar-refractivity contribution in [1.29, 1.82) is 0 Å². The zero-order chi connectivity index (χ0) is 18.8. The van der Waals surface area contributed by atoms with Crippen molar-refractivity contribution in [2.45, 2.75) is 33.6 Å². The average molecular weight is 352 g/mol. The third-order valence-corrected chi connectivity index (χ3v) is 5.13. The van der Waals surface area contributed by atoms with E-state index in [4.69, 9.17) is 9.98 Å². The molecule has 3 aromatic rings. The molecule has 134 valence electrons. The number of hydrogen-bond donors (Lipinski definition) is 0. The van der Waals surface area contributed by atoms with Gasteiger partial charge in [0.05, 0.1) is 17.1 Å². The molecule has 0 atom stereocenters. The van der Waals surface area contributed by atoms with E-state index in [1.54, 1.807) is 0 Å². The maximum Gasteiger partial charge on any atom is 0.0892 e. The standard InChI is InChI=1S/C25H24N2/c1-17-9-11-20(12-10-17)15-22-16-23(21-7-5-4-6-8-21)27-25-14-19(3)18(2)13-24(25)26-22/h4-14H,15-16H2,1-3H3.